The number of carbonyl (C=O) groups is 2. The van der Waals surface area contributed by atoms with Crippen molar-refractivity contribution in [2.45, 2.75) is 43.7 Å². The quantitative estimate of drug-likeness (QED) is 0.600. The summed E-state index contributed by atoms with van der Waals surface area (Å²) in [5, 5.41) is 8.81. The van der Waals surface area contributed by atoms with Crippen molar-refractivity contribution >= 4 is 21.7 Å². The summed E-state index contributed by atoms with van der Waals surface area (Å²) in [6.07, 6.45) is -5.78. The standard InChI is InChI=1S/C17H22F3NO5S/c1-2-27(25,26)14-7-5-6-13(12-14)16(24)21(11-8-15(22)23)10-4-3-9-17(18,19)20/h5-7,12H,2-4,8-11H2,1H3,(H,22,23). The first-order chi connectivity index (χ1) is 12.5. The van der Waals surface area contributed by atoms with Gasteiger partial charge in [0.1, 0.15) is 0 Å². The van der Waals surface area contributed by atoms with Crippen molar-refractivity contribution in [3.8, 4) is 0 Å². The van der Waals surface area contributed by atoms with Crippen LogP contribution in [0.1, 0.15) is 43.0 Å². The zero-order valence-electron chi connectivity index (χ0n) is 14.8. The van der Waals surface area contributed by atoms with E-state index in [-0.39, 0.29) is 48.6 Å². The van der Waals surface area contributed by atoms with Gasteiger partial charge in [-0.1, -0.05) is 13.0 Å². The third-order valence-corrected chi connectivity index (χ3v) is 5.57. The van der Waals surface area contributed by atoms with Crippen LogP contribution in [-0.4, -0.2) is 55.3 Å². The number of carboxylic acids is 1. The van der Waals surface area contributed by atoms with Crippen LogP contribution in [-0.2, 0) is 14.6 Å². The molecule has 0 bridgehead atoms. The molecule has 152 valence electrons. The number of alkyl halides is 3. The van der Waals surface area contributed by atoms with Crippen LogP contribution in [0.15, 0.2) is 29.2 Å². The Balaban J connectivity index is 2.92. The molecule has 0 saturated carbocycles. The first kappa shape index (κ1) is 22.9. The number of rotatable bonds is 10. The molecule has 0 saturated heterocycles. The molecule has 0 aliphatic rings. The van der Waals surface area contributed by atoms with E-state index in [2.05, 4.69) is 0 Å². The van der Waals surface area contributed by atoms with Crippen LogP contribution in [0.5, 0.6) is 0 Å². The monoisotopic (exact) mass is 409 g/mol. The van der Waals surface area contributed by atoms with E-state index < -0.39 is 34.3 Å². The molecular weight excluding hydrogens is 387 g/mol. The van der Waals surface area contributed by atoms with Gasteiger partial charge in [0.25, 0.3) is 5.91 Å². The minimum atomic E-state index is -4.29. The van der Waals surface area contributed by atoms with Gasteiger partial charge in [0.15, 0.2) is 9.84 Å². The molecule has 0 heterocycles. The number of hydrogen-bond donors (Lipinski definition) is 1. The Labute approximate surface area is 155 Å². The maximum atomic E-state index is 12.6. The minimum absolute atomic E-state index is 0.0360. The number of benzene rings is 1. The molecule has 10 heteroatoms. The van der Waals surface area contributed by atoms with E-state index in [1.54, 1.807) is 0 Å². The van der Waals surface area contributed by atoms with Gasteiger partial charge in [-0.15, -0.1) is 0 Å². The highest BCUT2D eigenvalue weighted by Crippen LogP contribution is 2.22. The van der Waals surface area contributed by atoms with Crippen molar-refractivity contribution in [1.29, 1.82) is 0 Å². The molecule has 6 nitrogen and oxygen atoms in total. The topological polar surface area (TPSA) is 91.8 Å². The molecule has 0 unspecified atom stereocenters. The van der Waals surface area contributed by atoms with Crippen LogP contribution in [0, 0.1) is 0 Å². The van der Waals surface area contributed by atoms with Gasteiger partial charge in [-0.05, 0) is 31.0 Å². The van der Waals surface area contributed by atoms with Crippen molar-refractivity contribution < 1.29 is 36.3 Å². The molecule has 27 heavy (non-hydrogen) atoms. The fraction of sp³-hybridized carbons (Fsp3) is 0.529. The molecular formula is C17H22F3NO5S. The molecule has 0 aromatic heterocycles. The Morgan fingerprint density at radius 2 is 1.81 bits per heavy atom. The molecule has 0 aliphatic heterocycles. The fourth-order valence-corrected chi connectivity index (χ4v) is 3.27. The predicted octanol–water partition coefficient (Wildman–Crippen LogP) is 3.13. The average molecular weight is 409 g/mol. The smallest absolute Gasteiger partial charge is 0.389 e. The summed E-state index contributed by atoms with van der Waals surface area (Å²) < 4.78 is 60.6. The second-order valence-electron chi connectivity index (χ2n) is 5.94. The minimum Gasteiger partial charge on any atom is -0.481 e. The molecule has 1 aromatic rings. The summed E-state index contributed by atoms with van der Waals surface area (Å²) in [7, 11) is -3.53. The second-order valence-corrected chi connectivity index (χ2v) is 8.22. The van der Waals surface area contributed by atoms with E-state index in [0.717, 1.165) is 4.90 Å². The number of amides is 1. The highest BCUT2D eigenvalue weighted by atomic mass is 32.2. The Morgan fingerprint density at radius 3 is 2.37 bits per heavy atom. The molecule has 0 spiro atoms. The summed E-state index contributed by atoms with van der Waals surface area (Å²) in [6.45, 7) is 1.24. The lowest BCUT2D eigenvalue weighted by Gasteiger charge is -2.22. The van der Waals surface area contributed by atoms with E-state index in [9.17, 15) is 31.2 Å². The SMILES string of the molecule is CCS(=O)(=O)c1cccc(C(=O)N(CCCCC(F)(F)F)CCC(=O)O)c1. The van der Waals surface area contributed by atoms with E-state index >= 15 is 0 Å². The molecule has 0 radical (unpaired) electrons. The van der Waals surface area contributed by atoms with Gasteiger partial charge in [-0.3, -0.25) is 9.59 Å². The van der Waals surface area contributed by atoms with Gasteiger partial charge in [0.05, 0.1) is 17.1 Å². The highest BCUT2D eigenvalue weighted by Gasteiger charge is 2.26. The summed E-state index contributed by atoms with van der Waals surface area (Å²) in [4.78, 5) is 24.5. The number of unbranched alkanes of at least 4 members (excludes halogenated alkanes) is 1. The number of nitrogens with zero attached hydrogens (tertiary/aromatic N) is 1. The van der Waals surface area contributed by atoms with Crippen molar-refractivity contribution in [3.63, 3.8) is 0 Å². The molecule has 0 aliphatic carbocycles. The normalized spacial score (nSPS) is 12.0. The van der Waals surface area contributed by atoms with Gasteiger partial charge >= 0.3 is 12.1 Å². The third-order valence-electron chi connectivity index (χ3n) is 3.84. The van der Waals surface area contributed by atoms with E-state index in [0.29, 0.717) is 0 Å². The largest absolute Gasteiger partial charge is 0.481 e. The molecule has 1 rings (SSSR count). The molecule has 1 aromatic carbocycles. The summed E-state index contributed by atoms with van der Waals surface area (Å²) in [5.74, 6) is -1.91. The number of carboxylic acid groups (broad SMARTS) is 1. The maximum Gasteiger partial charge on any atom is 0.389 e. The molecule has 0 atom stereocenters. The number of halogens is 3. The zero-order chi connectivity index (χ0) is 20.7. The van der Waals surface area contributed by atoms with Crippen molar-refractivity contribution in [3.05, 3.63) is 29.8 Å². The number of sulfone groups is 1. The van der Waals surface area contributed by atoms with Crippen LogP contribution in [0.3, 0.4) is 0 Å². The molecule has 1 amide bonds. The lowest BCUT2D eigenvalue weighted by molar-refractivity contribution is -0.137. The fourth-order valence-electron chi connectivity index (χ4n) is 2.35. The van der Waals surface area contributed by atoms with Gasteiger partial charge in [-0.25, -0.2) is 8.42 Å². The number of hydrogen-bond acceptors (Lipinski definition) is 4. The molecule has 0 fully saturated rings. The zero-order valence-corrected chi connectivity index (χ0v) is 15.6. The third kappa shape index (κ3) is 7.98. The van der Waals surface area contributed by atoms with E-state index in [4.69, 9.17) is 5.11 Å². The lowest BCUT2D eigenvalue weighted by Crippen LogP contribution is -2.34. The predicted molar refractivity (Wildman–Crippen MR) is 92.2 cm³/mol. The Hall–Kier alpha value is -2.10. The van der Waals surface area contributed by atoms with Crippen LogP contribution in [0.25, 0.3) is 0 Å². The van der Waals surface area contributed by atoms with Crippen LogP contribution < -0.4 is 0 Å². The summed E-state index contributed by atoms with van der Waals surface area (Å²) in [5.41, 5.74) is 0.0470. The first-order valence-corrected chi connectivity index (χ1v) is 10.0. The average Bonchev–Trinajstić information content (AvgIpc) is 2.59. The number of carbonyl (C=O) groups excluding carboxylic acids is 1. The van der Waals surface area contributed by atoms with Crippen molar-refractivity contribution in [2.24, 2.45) is 0 Å². The van der Waals surface area contributed by atoms with E-state index in [1.165, 1.54) is 31.2 Å². The lowest BCUT2D eigenvalue weighted by atomic mass is 10.1. The highest BCUT2D eigenvalue weighted by molar-refractivity contribution is 7.91. The second kappa shape index (κ2) is 9.72. The van der Waals surface area contributed by atoms with Gasteiger partial charge < -0.3 is 10.0 Å². The van der Waals surface area contributed by atoms with Crippen LogP contribution >= 0.6 is 0 Å². The first-order valence-electron chi connectivity index (χ1n) is 8.37. The number of aliphatic carboxylic acids is 1. The Bertz CT molecular complexity index is 762. The molecule has 1 N–H and O–H groups in total. The Morgan fingerprint density at radius 1 is 1.15 bits per heavy atom. The van der Waals surface area contributed by atoms with Crippen LogP contribution in [0.4, 0.5) is 13.2 Å². The van der Waals surface area contributed by atoms with E-state index in [1.807, 2.05) is 0 Å². The van der Waals surface area contributed by atoms with Gasteiger partial charge in [-0.2, -0.15) is 13.2 Å². The van der Waals surface area contributed by atoms with Gasteiger partial charge in [0.2, 0.25) is 0 Å². The van der Waals surface area contributed by atoms with Crippen molar-refractivity contribution in [2.75, 3.05) is 18.8 Å². The Kier molecular flexibility index (Phi) is 8.26. The van der Waals surface area contributed by atoms with Crippen LogP contribution in [0.2, 0.25) is 0 Å². The van der Waals surface area contributed by atoms with Gasteiger partial charge in [0, 0.05) is 25.1 Å². The maximum absolute atomic E-state index is 12.6. The summed E-state index contributed by atoms with van der Waals surface area (Å²) >= 11 is 0. The summed E-state index contributed by atoms with van der Waals surface area (Å²) in [6, 6.07) is 5.33. The van der Waals surface area contributed by atoms with Crippen molar-refractivity contribution in [1.82, 2.24) is 4.90 Å².